The first kappa shape index (κ1) is 27.7. The molecule has 1 aromatic rings. The maximum Gasteiger partial charge on any atom is 0.322 e. The highest BCUT2D eigenvalue weighted by molar-refractivity contribution is 7.98. The van der Waals surface area contributed by atoms with Crippen LogP contribution >= 0.6 is 11.8 Å². The van der Waals surface area contributed by atoms with Crippen molar-refractivity contribution in [3.8, 4) is 5.75 Å². The number of rotatable bonds is 14. The number of carbonyl (C=O) groups excluding carboxylic acids is 3. The molecule has 0 spiro atoms. The highest BCUT2D eigenvalue weighted by Crippen LogP contribution is 2.12. The summed E-state index contributed by atoms with van der Waals surface area (Å²) in [7, 11) is 0. The number of nitrogens with two attached hydrogens (primary N) is 1. The topological polar surface area (TPSA) is 208 Å². The van der Waals surface area contributed by atoms with Gasteiger partial charge in [-0.3, -0.25) is 24.0 Å². The summed E-state index contributed by atoms with van der Waals surface area (Å²) >= 11 is 1.41. The van der Waals surface area contributed by atoms with Crippen LogP contribution in [0.25, 0.3) is 0 Å². The first-order chi connectivity index (χ1) is 15.5. The second kappa shape index (κ2) is 14.0. The number of phenols is 1. The summed E-state index contributed by atoms with van der Waals surface area (Å²) in [5, 5.41) is 34.2. The van der Waals surface area contributed by atoms with Gasteiger partial charge < -0.3 is 37.0 Å². The molecule has 1 aromatic carbocycles. The Morgan fingerprint density at radius 2 is 1.55 bits per heavy atom. The van der Waals surface area contributed by atoms with Crippen molar-refractivity contribution in [3.05, 3.63) is 29.8 Å². The van der Waals surface area contributed by atoms with Gasteiger partial charge in [-0.25, -0.2) is 0 Å². The molecule has 0 aliphatic carbocycles. The molecule has 0 saturated carbocycles. The number of aliphatic carboxylic acids is 2. The molecule has 0 radical (unpaired) electrons. The summed E-state index contributed by atoms with van der Waals surface area (Å²) in [5.74, 6) is -4.36. The van der Waals surface area contributed by atoms with Crippen LogP contribution in [-0.4, -0.2) is 81.7 Å². The molecule has 0 aliphatic heterocycles. The van der Waals surface area contributed by atoms with Crippen molar-refractivity contribution in [2.24, 2.45) is 5.73 Å². The van der Waals surface area contributed by atoms with Crippen molar-refractivity contribution in [2.45, 2.75) is 37.4 Å². The van der Waals surface area contributed by atoms with Gasteiger partial charge in [-0.1, -0.05) is 12.1 Å². The van der Waals surface area contributed by atoms with Gasteiger partial charge in [0.2, 0.25) is 17.7 Å². The normalized spacial score (nSPS) is 13.3. The molecule has 1 rings (SSSR count). The van der Waals surface area contributed by atoms with Crippen LogP contribution in [0.15, 0.2) is 24.3 Å². The third-order valence-corrected chi connectivity index (χ3v) is 5.04. The number of carboxylic acid groups (broad SMARTS) is 2. The molecule has 182 valence electrons. The molecule has 3 unspecified atom stereocenters. The molecule has 8 N–H and O–H groups in total. The van der Waals surface area contributed by atoms with Gasteiger partial charge in [0.05, 0.1) is 12.5 Å². The molecular weight excluding hydrogens is 456 g/mol. The number of hydrogen-bond donors (Lipinski definition) is 7. The third kappa shape index (κ3) is 10.7. The van der Waals surface area contributed by atoms with E-state index in [1.807, 2.05) is 0 Å². The second-order valence-electron chi connectivity index (χ2n) is 7.09. The zero-order valence-electron chi connectivity index (χ0n) is 17.9. The number of phenolic OH excluding ortho intramolecular Hbond substituents is 1. The van der Waals surface area contributed by atoms with Crippen molar-refractivity contribution in [2.75, 3.05) is 18.6 Å². The Bertz CT molecular complexity index is 849. The Balaban J connectivity index is 2.99. The Hall–Kier alpha value is -3.32. The van der Waals surface area contributed by atoms with Gasteiger partial charge in [0.1, 0.15) is 24.4 Å². The van der Waals surface area contributed by atoms with E-state index in [2.05, 4.69) is 16.0 Å². The number of nitrogens with one attached hydrogen (secondary N) is 3. The average Bonchev–Trinajstić information content (AvgIpc) is 2.75. The second-order valence-corrected chi connectivity index (χ2v) is 8.08. The van der Waals surface area contributed by atoms with E-state index >= 15 is 0 Å². The maximum atomic E-state index is 12.9. The number of carboxylic acids is 2. The molecular formula is C20H28N4O8S. The summed E-state index contributed by atoms with van der Waals surface area (Å²) in [6.07, 6.45) is 1.34. The van der Waals surface area contributed by atoms with Crippen LogP contribution in [0.1, 0.15) is 18.4 Å². The molecule has 0 fully saturated rings. The highest BCUT2D eigenvalue weighted by atomic mass is 32.2. The standard InChI is InChI=1S/C20H28N4O8S/c1-33-7-6-14(23-18(30)13(21)9-16(26)27)20(32)24-15(19(31)22-10-17(28)29)8-11-2-4-12(25)5-3-11/h2-5,13-15,25H,6-10,21H2,1H3,(H,22,31)(H,23,30)(H,24,32)(H,26,27)(H,28,29). The van der Waals surface area contributed by atoms with Crippen LogP contribution in [0.2, 0.25) is 0 Å². The molecule has 12 nitrogen and oxygen atoms in total. The zero-order chi connectivity index (χ0) is 25.0. The van der Waals surface area contributed by atoms with Gasteiger partial charge in [-0.05, 0) is 36.1 Å². The number of amides is 3. The number of aromatic hydroxyl groups is 1. The van der Waals surface area contributed by atoms with E-state index in [4.69, 9.17) is 15.9 Å². The quantitative estimate of drug-likeness (QED) is 0.165. The Labute approximate surface area is 194 Å². The van der Waals surface area contributed by atoms with Crippen molar-refractivity contribution in [1.82, 2.24) is 16.0 Å². The molecule has 0 aromatic heterocycles. The van der Waals surface area contributed by atoms with Gasteiger partial charge >= 0.3 is 11.9 Å². The highest BCUT2D eigenvalue weighted by Gasteiger charge is 2.28. The van der Waals surface area contributed by atoms with E-state index in [1.54, 1.807) is 6.26 Å². The van der Waals surface area contributed by atoms with Crippen LogP contribution in [0.5, 0.6) is 5.75 Å². The summed E-state index contributed by atoms with van der Waals surface area (Å²) in [6.45, 7) is -0.655. The van der Waals surface area contributed by atoms with Gasteiger partial charge in [0.15, 0.2) is 0 Å². The van der Waals surface area contributed by atoms with E-state index < -0.39 is 60.8 Å². The van der Waals surface area contributed by atoms with E-state index in [-0.39, 0.29) is 18.6 Å². The SMILES string of the molecule is CSCCC(NC(=O)C(N)CC(=O)O)C(=O)NC(Cc1ccc(O)cc1)C(=O)NCC(=O)O. The summed E-state index contributed by atoms with van der Waals surface area (Å²) in [6, 6.07) is 2.23. The van der Waals surface area contributed by atoms with Crippen LogP contribution in [0, 0.1) is 0 Å². The fraction of sp³-hybridized carbons (Fsp3) is 0.450. The molecule has 0 heterocycles. The Morgan fingerprint density at radius 1 is 0.939 bits per heavy atom. The Kier molecular flexibility index (Phi) is 11.7. The first-order valence-corrected chi connectivity index (χ1v) is 11.3. The minimum atomic E-state index is -1.36. The van der Waals surface area contributed by atoms with Crippen LogP contribution < -0.4 is 21.7 Å². The largest absolute Gasteiger partial charge is 0.508 e. The molecule has 0 saturated heterocycles. The summed E-state index contributed by atoms with van der Waals surface area (Å²) in [4.78, 5) is 59.2. The lowest BCUT2D eigenvalue weighted by Gasteiger charge is -2.24. The van der Waals surface area contributed by atoms with E-state index in [0.29, 0.717) is 11.3 Å². The van der Waals surface area contributed by atoms with Gasteiger partial charge in [-0.2, -0.15) is 11.8 Å². The van der Waals surface area contributed by atoms with Gasteiger partial charge in [-0.15, -0.1) is 0 Å². The molecule has 0 aliphatic rings. The smallest absolute Gasteiger partial charge is 0.322 e. The molecule has 0 bridgehead atoms. The summed E-state index contributed by atoms with van der Waals surface area (Å²) < 4.78 is 0. The minimum absolute atomic E-state index is 0.00667. The van der Waals surface area contributed by atoms with Crippen LogP contribution in [-0.2, 0) is 30.4 Å². The predicted octanol–water partition coefficient (Wildman–Crippen LogP) is -1.34. The lowest BCUT2D eigenvalue weighted by atomic mass is 10.0. The van der Waals surface area contributed by atoms with E-state index in [9.17, 15) is 29.1 Å². The first-order valence-electron chi connectivity index (χ1n) is 9.88. The van der Waals surface area contributed by atoms with Crippen molar-refractivity contribution >= 4 is 41.4 Å². The molecule has 3 amide bonds. The van der Waals surface area contributed by atoms with E-state index in [1.165, 1.54) is 36.0 Å². The zero-order valence-corrected chi connectivity index (χ0v) is 18.8. The van der Waals surface area contributed by atoms with E-state index in [0.717, 1.165) is 0 Å². The number of carbonyl (C=O) groups is 5. The lowest BCUT2D eigenvalue weighted by Crippen LogP contribution is -2.56. The average molecular weight is 485 g/mol. The maximum absolute atomic E-state index is 12.9. The number of thioether (sulfide) groups is 1. The summed E-state index contributed by atoms with van der Waals surface area (Å²) in [5.41, 5.74) is 6.14. The molecule has 13 heteroatoms. The van der Waals surface area contributed by atoms with Crippen LogP contribution in [0.4, 0.5) is 0 Å². The predicted molar refractivity (Wildman–Crippen MR) is 120 cm³/mol. The lowest BCUT2D eigenvalue weighted by molar-refractivity contribution is -0.139. The molecule has 3 atom stereocenters. The van der Waals surface area contributed by atoms with Gasteiger partial charge in [0, 0.05) is 6.42 Å². The fourth-order valence-electron chi connectivity index (χ4n) is 2.70. The van der Waals surface area contributed by atoms with Crippen molar-refractivity contribution in [1.29, 1.82) is 0 Å². The Morgan fingerprint density at radius 3 is 2.09 bits per heavy atom. The van der Waals surface area contributed by atoms with Crippen molar-refractivity contribution < 1.29 is 39.3 Å². The number of hydrogen-bond acceptors (Lipinski definition) is 8. The third-order valence-electron chi connectivity index (χ3n) is 4.40. The van der Waals surface area contributed by atoms with Crippen LogP contribution in [0.3, 0.4) is 0 Å². The van der Waals surface area contributed by atoms with Crippen molar-refractivity contribution in [3.63, 3.8) is 0 Å². The fourth-order valence-corrected chi connectivity index (χ4v) is 3.17. The number of benzene rings is 1. The monoisotopic (exact) mass is 484 g/mol. The molecule has 33 heavy (non-hydrogen) atoms. The minimum Gasteiger partial charge on any atom is -0.508 e. The van der Waals surface area contributed by atoms with Gasteiger partial charge in [0.25, 0.3) is 0 Å².